The third-order valence-electron chi connectivity index (χ3n) is 4.16. The zero-order valence-corrected chi connectivity index (χ0v) is 16.5. The molecule has 0 radical (unpaired) electrons. The Kier molecular flexibility index (Phi) is 7.35. The number of anilines is 2. The molecule has 2 aromatic rings. The molecule has 0 spiro atoms. The predicted octanol–water partition coefficient (Wildman–Crippen LogP) is 3.56. The van der Waals surface area contributed by atoms with E-state index in [1.54, 1.807) is 0 Å². The first-order valence-electron chi connectivity index (χ1n) is 8.39. The predicted molar refractivity (Wildman–Crippen MR) is 104 cm³/mol. The van der Waals surface area contributed by atoms with E-state index in [1.165, 1.54) is 31.0 Å². The van der Waals surface area contributed by atoms with Crippen LogP contribution in [0.2, 0.25) is 5.02 Å². The van der Waals surface area contributed by atoms with E-state index in [4.69, 9.17) is 11.6 Å². The van der Waals surface area contributed by atoms with Gasteiger partial charge in [0.2, 0.25) is 11.8 Å². The highest BCUT2D eigenvalue weighted by Crippen LogP contribution is 2.27. The number of nitrogens with zero attached hydrogens (tertiary/aromatic N) is 2. The molecule has 0 aliphatic rings. The monoisotopic (exact) mass is 444 g/mol. The standard InChI is InChI=1S/C18H16ClF3N4O4/c1-9(18(28)24-14-7-10(26(29)30)3-4-11(14)19)25(2)8-15(27)23-13-6-5-12(20)16(21)17(13)22/h3-7,9H,8H2,1-2H3,(H,23,27)(H,24,28). The number of carbonyl (C=O) groups is 2. The molecule has 0 aliphatic heterocycles. The van der Waals surface area contributed by atoms with Crippen molar-refractivity contribution in [1.29, 1.82) is 0 Å². The van der Waals surface area contributed by atoms with Crippen LogP contribution in [0, 0.1) is 27.6 Å². The van der Waals surface area contributed by atoms with Crippen LogP contribution in [0.5, 0.6) is 0 Å². The van der Waals surface area contributed by atoms with Crippen molar-refractivity contribution in [2.24, 2.45) is 0 Å². The number of rotatable bonds is 7. The fourth-order valence-electron chi connectivity index (χ4n) is 2.34. The topological polar surface area (TPSA) is 105 Å². The maximum Gasteiger partial charge on any atom is 0.271 e. The number of nitrogens with one attached hydrogen (secondary N) is 2. The van der Waals surface area contributed by atoms with Crippen LogP contribution in [-0.4, -0.2) is 41.3 Å². The average molecular weight is 445 g/mol. The molecule has 2 aromatic carbocycles. The molecule has 2 N–H and O–H groups in total. The third-order valence-corrected chi connectivity index (χ3v) is 4.49. The number of benzene rings is 2. The van der Waals surface area contributed by atoms with Crippen molar-refractivity contribution in [2.75, 3.05) is 24.2 Å². The van der Waals surface area contributed by atoms with Gasteiger partial charge in [-0.1, -0.05) is 11.6 Å². The second kappa shape index (κ2) is 9.55. The molecule has 0 saturated heterocycles. The highest BCUT2D eigenvalue weighted by molar-refractivity contribution is 6.33. The summed E-state index contributed by atoms with van der Waals surface area (Å²) in [6.07, 6.45) is 0. The van der Waals surface area contributed by atoms with Gasteiger partial charge in [0.1, 0.15) is 0 Å². The summed E-state index contributed by atoms with van der Waals surface area (Å²) in [5.74, 6) is -6.06. The van der Waals surface area contributed by atoms with E-state index in [9.17, 15) is 32.9 Å². The number of hydrogen-bond donors (Lipinski definition) is 2. The lowest BCUT2D eigenvalue weighted by molar-refractivity contribution is -0.384. The molecular weight excluding hydrogens is 429 g/mol. The molecule has 160 valence electrons. The molecule has 0 bridgehead atoms. The maximum atomic E-state index is 13.6. The largest absolute Gasteiger partial charge is 0.323 e. The first-order chi connectivity index (χ1) is 14.0. The summed E-state index contributed by atoms with van der Waals surface area (Å²) in [6.45, 7) is 1.06. The maximum absolute atomic E-state index is 13.6. The second-order valence-corrected chi connectivity index (χ2v) is 6.68. The summed E-state index contributed by atoms with van der Waals surface area (Å²) in [6, 6.07) is 4.15. The molecule has 1 atom stereocenters. The highest BCUT2D eigenvalue weighted by Gasteiger charge is 2.23. The molecule has 1 unspecified atom stereocenters. The van der Waals surface area contributed by atoms with Crippen molar-refractivity contribution in [1.82, 2.24) is 4.90 Å². The van der Waals surface area contributed by atoms with Crippen molar-refractivity contribution < 1.29 is 27.7 Å². The van der Waals surface area contributed by atoms with Gasteiger partial charge in [-0.05, 0) is 32.2 Å². The molecule has 0 aliphatic carbocycles. The minimum Gasteiger partial charge on any atom is -0.323 e. The van der Waals surface area contributed by atoms with E-state index in [0.717, 1.165) is 12.1 Å². The van der Waals surface area contributed by atoms with Crippen LogP contribution in [0.3, 0.4) is 0 Å². The zero-order valence-electron chi connectivity index (χ0n) is 15.7. The Balaban J connectivity index is 2.01. The Morgan fingerprint density at radius 1 is 1.13 bits per heavy atom. The second-order valence-electron chi connectivity index (χ2n) is 6.27. The van der Waals surface area contributed by atoms with Crippen molar-refractivity contribution in [2.45, 2.75) is 13.0 Å². The van der Waals surface area contributed by atoms with Crippen LogP contribution < -0.4 is 10.6 Å². The molecular formula is C18H16ClF3N4O4. The first-order valence-corrected chi connectivity index (χ1v) is 8.77. The van der Waals surface area contributed by atoms with Gasteiger partial charge in [0.25, 0.3) is 5.69 Å². The van der Waals surface area contributed by atoms with Crippen molar-refractivity contribution in [3.63, 3.8) is 0 Å². The number of halogens is 4. The summed E-state index contributed by atoms with van der Waals surface area (Å²) in [5, 5.41) is 15.5. The molecule has 0 fully saturated rings. The molecule has 30 heavy (non-hydrogen) atoms. The average Bonchev–Trinajstić information content (AvgIpc) is 2.69. The summed E-state index contributed by atoms with van der Waals surface area (Å²) in [4.78, 5) is 36.0. The van der Waals surface area contributed by atoms with Gasteiger partial charge >= 0.3 is 0 Å². The number of nitro benzene ring substituents is 1. The Hall–Kier alpha value is -3.18. The van der Waals surface area contributed by atoms with Gasteiger partial charge in [-0.2, -0.15) is 0 Å². The lowest BCUT2D eigenvalue weighted by atomic mass is 10.2. The van der Waals surface area contributed by atoms with Crippen molar-refractivity contribution >= 4 is 40.5 Å². The van der Waals surface area contributed by atoms with Gasteiger partial charge in [0.05, 0.1) is 33.9 Å². The van der Waals surface area contributed by atoms with Gasteiger partial charge in [-0.15, -0.1) is 0 Å². The molecule has 12 heteroatoms. The first kappa shape index (κ1) is 23.1. The van der Waals surface area contributed by atoms with Crippen LogP contribution in [0.4, 0.5) is 30.2 Å². The van der Waals surface area contributed by atoms with E-state index < -0.39 is 52.5 Å². The van der Waals surface area contributed by atoms with E-state index in [-0.39, 0.29) is 16.4 Å². The van der Waals surface area contributed by atoms with Crippen LogP contribution in [0.1, 0.15) is 6.92 Å². The third kappa shape index (κ3) is 5.45. The summed E-state index contributed by atoms with van der Waals surface area (Å²) < 4.78 is 39.8. The van der Waals surface area contributed by atoms with E-state index in [1.807, 2.05) is 0 Å². The summed E-state index contributed by atoms with van der Waals surface area (Å²) in [7, 11) is 1.42. The lowest BCUT2D eigenvalue weighted by Crippen LogP contribution is -2.43. The number of non-ortho nitro benzene ring substituents is 1. The minimum atomic E-state index is -1.72. The number of hydrogen-bond acceptors (Lipinski definition) is 5. The number of amides is 2. The van der Waals surface area contributed by atoms with Crippen LogP contribution in [0.25, 0.3) is 0 Å². The van der Waals surface area contributed by atoms with Crippen LogP contribution >= 0.6 is 11.6 Å². The molecule has 2 amide bonds. The van der Waals surface area contributed by atoms with Gasteiger partial charge in [-0.25, -0.2) is 13.2 Å². The quantitative estimate of drug-likeness (QED) is 0.386. The summed E-state index contributed by atoms with van der Waals surface area (Å²) >= 11 is 5.93. The molecule has 2 rings (SSSR count). The van der Waals surface area contributed by atoms with Crippen LogP contribution in [-0.2, 0) is 9.59 Å². The summed E-state index contributed by atoms with van der Waals surface area (Å²) in [5.41, 5.74) is -0.805. The van der Waals surface area contributed by atoms with Gasteiger partial charge in [-0.3, -0.25) is 24.6 Å². The molecule has 0 aromatic heterocycles. The zero-order chi connectivity index (χ0) is 22.6. The van der Waals surface area contributed by atoms with Gasteiger partial charge < -0.3 is 10.6 Å². The lowest BCUT2D eigenvalue weighted by Gasteiger charge is -2.23. The Morgan fingerprint density at radius 2 is 1.80 bits per heavy atom. The highest BCUT2D eigenvalue weighted by atomic mass is 35.5. The Bertz CT molecular complexity index is 1010. The fourth-order valence-corrected chi connectivity index (χ4v) is 2.50. The van der Waals surface area contributed by atoms with Gasteiger partial charge in [0, 0.05) is 12.1 Å². The van der Waals surface area contributed by atoms with Crippen molar-refractivity contribution in [3.05, 3.63) is 62.9 Å². The normalized spacial score (nSPS) is 11.8. The smallest absolute Gasteiger partial charge is 0.271 e. The molecule has 0 saturated carbocycles. The number of carbonyl (C=O) groups excluding carboxylic acids is 2. The van der Waals surface area contributed by atoms with E-state index in [0.29, 0.717) is 6.07 Å². The van der Waals surface area contributed by atoms with Crippen LogP contribution in [0.15, 0.2) is 30.3 Å². The van der Waals surface area contributed by atoms with E-state index in [2.05, 4.69) is 10.6 Å². The molecule has 0 heterocycles. The van der Waals surface area contributed by atoms with Gasteiger partial charge in [0.15, 0.2) is 17.5 Å². The fraction of sp³-hybridized carbons (Fsp3) is 0.222. The minimum absolute atomic E-state index is 0.0180. The van der Waals surface area contributed by atoms with Crippen molar-refractivity contribution in [3.8, 4) is 0 Å². The Morgan fingerprint density at radius 3 is 2.43 bits per heavy atom. The number of likely N-dealkylation sites (N-methyl/N-ethyl adjacent to an activating group) is 1. The number of nitro groups is 1. The Labute approximate surface area is 173 Å². The SMILES string of the molecule is CC(C(=O)Nc1cc([N+](=O)[O-])ccc1Cl)N(C)CC(=O)Nc1ccc(F)c(F)c1F. The molecule has 8 nitrogen and oxygen atoms in total. The van der Waals surface area contributed by atoms with E-state index >= 15 is 0 Å².